The smallest absolute Gasteiger partial charge is 0.429 e. The zero-order valence-corrected chi connectivity index (χ0v) is 18.1. The fourth-order valence-electron chi connectivity index (χ4n) is 3.71. The predicted molar refractivity (Wildman–Crippen MR) is 109 cm³/mol. The molecule has 0 saturated heterocycles. The Bertz CT molecular complexity index is 638. The van der Waals surface area contributed by atoms with Crippen LogP contribution >= 0.6 is 0 Å². The molecule has 6 heteroatoms. The van der Waals surface area contributed by atoms with Crippen LogP contribution in [-0.4, -0.2) is 18.2 Å². The summed E-state index contributed by atoms with van der Waals surface area (Å²) < 4.78 is 5.22. The van der Waals surface area contributed by atoms with Gasteiger partial charge in [-0.1, -0.05) is 52.7 Å². The van der Waals surface area contributed by atoms with Crippen LogP contribution in [0.2, 0.25) is 0 Å². The van der Waals surface area contributed by atoms with Crippen LogP contribution in [0.3, 0.4) is 0 Å². The average Bonchev–Trinajstić information content (AvgIpc) is 2.68. The third-order valence-electron chi connectivity index (χ3n) is 5.63. The van der Waals surface area contributed by atoms with Crippen molar-refractivity contribution < 1.29 is 29.1 Å². The summed E-state index contributed by atoms with van der Waals surface area (Å²) in [6, 6.07) is 7.10. The molecule has 2 rings (SSSR count). The van der Waals surface area contributed by atoms with Gasteiger partial charge in [0.2, 0.25) is 0 Å². The second kappa shape index (κ2) is 11.2. The van der Waals surface area contributed by atoms with Gasteiger partial charge < -0.3 is 4.74 Å². The van der Waals surface area contributed by atoms with E-state index in [9.17, 15) is 9.59 Å². The van der Waals surface area contributed by atoms with E-state index in [1.807, 2.05) is 12.1 Å². The van der Waals surface area contributed by atoms with Gasteiger partial charge in [0.25, 0.3) is 0 Å². The first kappa shape index (κ1) is 23.2. The van der Waals surface area contributed by atoms with Crippen molar-refractivity contribution in [1.82, 2.24) is 0 Å². The Morgan fingerprint density at radius 1 is 0.966 bits per heavy atom. The average molecular weight is 407 g/mol. The molecular weight excluding hydrogens is 372 g/mol. The molecule has 0 bridgehead atoms. The van der Waals surface area contributed by atoms with E-state index in [0.717, 1.165) is 44.1 Å². The quantitative estimate of drug-likeness (QED) is 0.222. The van der Waals surface area contributed by atoms with Crippen LogP contribution < -0.4 is 0 Å². The van der Waals surface area contributed by atoms with Crippen LogP contribution in [0.5, 0.6) is 0 Å². The Hall–Kier alpha value is -2.08. The first-order valence-electron chi connectivity index (χ1n) is 10.6. The maximum atomic E-state index is 11.9. The number of hydrogen-bond acceptors (Lipinski definition) is 6. The Labute approximate surface area is 173 Å². The van der Waals surface area contributed by atoms with Crippen LogP contribution in [-0.2, 0) is 26.0 Å². The molecule has 6 nitrogen and oxygen atoms in total. The fraction of sp³-hybridized carbons (Fsp3) is 0.652. The molecular formula is C23H34O6. The molecule has 0 radical (unpaired) electrons. The normalized spacial score (nSPS) is 19.4. The number of ether oxygens (including phenoxy) is 1. The molecule has 1 saturated carbocycles. The lowest BCUT2D eigenvalue weighted by molar-refractivity contribution is -0.453. The molecule has 0 aromatic heterocycles. The van der Waals surface area contributed by atoms with E-state index in [1.165, 1.54) is 12.8 Å². The third kappa shape index (κ3) is 8.05. The highest BCUT2D eigenvalue weighted by Gasteiger charge is 2.31. The van der Waals surface area contributed by atoms with Crippen molar-refractivity contribution in [2.45, 2.75) is 85.2 Å². The van der Waals surface area contributed by atoms with Crippen LogP contribution in [0.1, 0.15) is 88.6 Å². The first-order chi connectivity index (χ1) is 13.8. The monoisotopic (exact) mass is 406 g/mol. The van der Waals surface area contributed by atoms with Gasteiger partial charge in [-0.2, -0.15) is 0 Å². The topological polar surface area (TPSA) is 71.1 Å². The van der Waals surface area contributed by atoms with Crippen LogP contribution in [0.25, 0.3) is 0 Å². The van der Waals surface area contributed by atoms with E-state index in [2.05, 4.69) is 42.5 Å². The van der Waals surface area contributed by atoms with Crippen LogP contribution in [0, 0.1) is 11.3 Å². The number of hydrogen-bond donors (Lipinski definition) is 0. The molecule has 1 aliphatic rings. The summed E-state index contributed by atoms with van der Waals surface area (Å²) in [7, 11) is 0. The van der Waals surface area contributed by atoms with Gasteiger partial charge in [-0.3, -0.25) is 4.89 Å². The zero-order valence-electron chi connectivity index (χ0n) is 18.1. The molecule has 1 aromatic carbocycles. The van der Waals surface area contributed by atoms with Crippen molar-refractivity contribution in [3.63, 3.8) is 0 Å². The van der Waals surface area contributed by atoms with E-state index in [1.54, 1.807) is 12.1 Å². The summed E-state index contributed by atoms with van der Waals surface area (Å²) in [5, 5.41) is 4.31. The Morgan fingerprint density at radius 2 is 1.62 bits per heavy atom. The Morgan fingerprint density at radius 3 is 2.21 bits per heavy atom. The summed E-state index contributed by atoms with van der Waals surface area (Å²) in [6.07, 6.45) is 6.86. The highest BCUT2D eigenvalue weighted by atomic mass is 17.5. The number of aryl methyl sites for hydroxylation is 1. The van der Waals surface area contributed by atoms with E-state index >= 15 is 0 Å². The maximum absolute atomic E-state index is 11.9. The van der Waals surface area contributed by atoms with Crippen molar-refractivity contribution in [3.05, 3.63) is 35.4 Å². The molecule has 0 heterocycles. The Balaban J connectivity index is 1.65. The number of benzene rings is 1. The van der Waals surface area contributed by atoms with E-state index in [-0.39, 0.29) is 11.5 Å². The first-order valence-corrected chi connectivity index (χ1v) is 10.6. The largest absolute Gasteiger partial charge is 0.543 e. The molecule has 0 amide bonds. The highest BCUT2D eigenvalue weighted by Crippen LogP contribution is 2.38. The molecule has 0 atom stereocenters. The lowest BCUT2D eigenvalue weighted by Crippen LogP contribution is -2.30. The van der Waals surface area contributed by atoms with E-state index in [4.69, 9.17) is 4.74 Å². The molecule has 1 fully saturated rings. The summed E-state index contributed by atoms with van der Waals surface area (Å²) in [6.45, 7) is 8.86. The number of carbonyl (C=O) groups is 2. The minimum atomic E-state index is -0.997. The molecule has 1 aliphatic carbocycles. The van der Waals surface area contributed by atoms with E-state index in [0.29, 0.717) is 11.5 Å². The fourth-order valence-corrected chi connectivity index (χ4v) is 3.71. The zero-order chi connectivity index (χ0) is 21.3. The van der Waals surface area contributed by atoms with Gasteiger partial charge in [0.15, 0.2) is 0 Å². The van der Waals surface area contributed by atoms with Gasteiger partial charge in [-0.25, -0.2) is 14.5 Å². The number of unbranched alkanes of at least 4 members (excludes halogenated alkanes) is 2. The molecule has 162 valence electrons. The molecule has 0 aliphatic heterocycles. The second-order valence-corrected chi connectivity index (χ2v) is 8.88. The minimum Gasteiger partial charge on any atom is -0.429 e. The summed E-state index contributed by atoms with van der Waals surface area (Å²) >= 11 is 0. The van der Waals surface area contributed by atoms with Crippen molar-refractivity contribution >= 4 is 12.1 Å². The number of rotatable bonds is 8. The third-order valence-corrected chi connectivity index (χ3v) is 5.63. The molecule has 0 spiro atoms. The van der Waals surface area contributed by atoms with E-state index < -0.39 is 12.1 Å². The van der Waals surface area contributed by atoms with Crippen molar-refractivity contribution in [1.29, 1.82) is 0 Å². The van der Waals surface area contributed by atoms with Crippen molar-refractivity contribution in [3.8, 4) is 0 Å². The predicted octanol–water partition coefficient (Wildman–Crippen LogP) is 6.18. The van der Waals surface area contributed by atoms with Gasteiger partial charge in [0.1, 0.15) is 6.10 Å². The lowest BCUT2D eigenvalue weighted by atomic mass is 9.72. The lowest BCUT2D eigenvalue weighted by Gasteiger charge is -2.36. The molecule has 29 heavy (non-hydrogen) atoms. The molecule has 0 unspecified atom stereocenters. The highest BCUT2D eigenvalue weighted by molar-refractivity contribution is 5.88. The van der Waals surface area contributed by atoms with Crippen molar-refractivity contribution in [2.75, 3.05) is 0 Å². The number of carbonyl (C=O) groups excluding carboxylic acids is 2. The van der Waals surface area contributed by atoms with Crippen LogP contribution in [0.15, 0.2) is 24.3 Å². The summed E-state index contributed by atoms with van der Waals surface area (Å²) in [4.78, 5) is 32.6. The summed E-state index contributed by atoms with van der Waals surface area (Å²) in [5.74, 6) is -0.114. The maximum Gasteiger partial charge on any atom is 0.543 e. The SMILES string of the molecule is CCCCCc1ccc(C(=O)OOOC(=O)OC2CCC(C(C)(C)C)CC2)cc1. The Kier molecular flexibility index (Phi) is 8.96. The van der Waals surface area contributed by atoms with Gasteiger partial charge in [-0.05, 0) is 67.6 Å². The van der Waals surface area contributed by atoms with Crippen LogP contribution in [0.4, 0.5) is 4.79 Å². The molecule has 1 aromatic rings. The second-order valence-electron chi connectivity index (χ2n) is 8.88. The van der Waals surface area contributed by atoms with Gasteiger partial charge in [0.05, 0.1) is 10.6 Å². The summed E-state index contributed by atoms with van der Waals surface area (Å²) in [5.41, 5.74) is 1.75. The van der Waals surface area contributed by atoms with Crippen molar-refractivity contribution in [2.24, 2.45) is 11.3 Å². The molecule has 0 N–H and O–H groups in total. The minimum absolute atomic E-state index is 0.194. The van der Waals surface area contributed by atoms with Gasteiger partial charge >= 0.3 is 12.1 Å². The van der Waals surface area contributed by atoms with Gasteiger partial charge in [0, 0.05) is 0 Å². The standard InChI is InChI=1S/C23H34O6/c1-5-6-7-8-17-9-11-18(12-10-17)21(24)27-29-28-22(25)26-20-15-13-19(14-16-20)23(2,3)4/h9-12,19-20H,5-8,13-16H2,1-4H3. The van der Waals surface area contributed by atoms with Gasteiger partial charge in [-0.15, -0.1) is 0 Å².